The van der Waals surface area contributed by atoms with Crippen LogP contribution in [0.3, 0.4) is 0 Å². The van der Waals surface area contributed by atoms with Crippen LogP contribution >= 0.6 is 11.6 Å². The quantitative estimate of drug-likeness (QED) is 0.795. The zero-order valence-corrected chi connectivity index (χ0v) is 10.6. The third-order valence-electron chi connectivity index (χ3n) is 2.17. The Hall–Kier alpha value is -1.20. The molecule has 0 N–H and O–H groups in total. The molecule has 0 fully saturated rings. The highest BCUT2D eigenvalue weighted by molar-refractivity contribution is 6.30. The van der Waals surface area contributed by atoms with Crippen LogP contribution in [0.4, 0.5) is 0 Å². The van der Waals surface area contributed by atoms with Gasteiger partial charge in [0.25, 0.3) is 0 Å². The topological polar surface area (TPSA) is 33.0 Å². The smallest absolute Gasteiger partial charge is 0.137 e. The van der Waals surface area contributed by atoms with Gasteiger partial charge in [-0.2, -0.15) is 5.26 Å². The summed E-state index contributed by atoms with van der Waals surface area (Å²) in [4.78, 5) is 0. The summed E-state index contributed by atoms with van der Waals surface area (Å²) in [6, 6.07) is 7.16. The Balaban J connectivity index is 2.65. The summed E-state index contributed by atoms with van der Waals surface area (Å²) in [6.07, 6.45) is 0.945. The van der Waals surface area contributed by atoms with E-state index >= 15 is 0 Å². The maximum Gasteiger partial charge on any atom is 0.137 e. The Bertz CT molecular complexity index is 401. The highest BCUT2D eigenvalue weighted by Crippen LogP contribution is 2.24. The van der Waals surface area contributed by atoms with E-state index in [9.17, 15) is 0 Å². The summed E-state index contributed by atoms with van der Waals surface area (Å²) in [5.74, 6) is 0.608. The first-order valence-electron chi connectivity index (χ1n) is 5.25. The fourth-order valence-corrected chi connectivity index (χ4v) is 1.35. The van der Waals surface area contributed by atoms with Crippen molar-refractivity contribution in [2.75, 3.05) is 6.61 Å². The van der Waals surface area contributed by atoms with E-state index < -0.39 is 0 Å². The van der Waals surface area contributed by atoms with Gasteiger partial charge in [0.2, 0.25) is 0 Å². The number of nitrogens with zero attached hydrogens (tertiary/aromatic N) is 1. The van der Waals surface area contributed by atoms with E-state index in [1.54, 1.807) is 18.2 Å². The van der Waals surface area contributed by atoms with Crippen LogP contribution in [0.15, 0.2) is 18.2 Å². The second kappa shape index (κ2) is 5.23. The van der Waals surface area contributed by atoms with E-state index in [0.717, 1.165) is 6.42 Å². The third-order valence-corrected chi connectivity index (χ3v) is 2.41. The molecule has 1 aromatic carbocycles. The van der Waals surface area contributed by atoms with Gasteiger partial charge >= 0.3 is 0 Å². The van der Waals surface area contributed by atoms with Gasteiger partial charge in [0.15, 0.2) is 0 Å². The van der Waals surface area contributed by atoms with Crippen LogP contribution in [0.1, 0.15) is 32.8 Å². The highest BCUT2D eigenvalue weighted by atomic mass is 35.5. The average Bonchev–Trinajstić information content (AvgIpc) is 2.18. The van der Waals surface area contributed by atoms with Gasteiger partial charge in [-0.1, -0.05) is 32.4 Å². The van der Waals surface area contributed by atoms with Gasteiger partial charge < -0.3 is 4.74 Å². The molecule has 0 aliphatic carbocycles. The van der Waals surface area contributed by atoms with E-state index in [4.69, 9.17) is 21.6 Å². The van der Waals surface area contributed by atoms with Gasteiger partial charge in [-0.15, -0.1) is 0 Å². The van der Waals surface area contributed by atoms with Crippen molar-refractivity contribution in [2.45, 2.75) is 27.2 Å². The predicted molar refractivity (Wildman–Crippen MR) is 65.7 cm³/mol. The van der Waals surface area contributed by atoms with Crippen LogP contribution < -0.4 is 4.74 Å². The highest BCUT2D eigenvalue weighted by Gasteiger charge is 2.11. The largest absolute Gasteiger partial charge is 0.492 e. The van der Waals surface area contributed by atoms with E-state index in [1.807, 2.05) is 0 Å². The van der Waals surface area contributed by atoms with Crippen molar-refractivity contribution in [1.29, 1.82) is 5.26 Å². The minimum atomic E-state index is 0.235. The molecule has 0 aliphatic rings. The van der Waals surface area contributed by atoms with Crippen molar-refractivity contribution in [3.8, 4) is 11.8 Å². The Labute approximate surface area is 102 Å². The second-order valence-corrected chi connectivity index (χ2v) is 5.35. The SMILES string of the molecule is CC(C)(C)CCOc1ccc(Cl)cc1C#N. The molecule has 0 saturated heterocycles. The number of halogens is 1. The monoisotopic (exact) mass is 237 g/mol. The van der Waals surface area contributed by atoms with Crippen LogP contribution in [0.25, 0.3) is 0 Å². The molecule has 3 heteroatoms. The number of ether oxygens (including phenoxy) is 1. The summed E-state index contributed by atoms with van der Waals surface area (Å²) >= 11 is 5.80. The van der Waals surface area contributed by atoms with Crippen molar-refractivity contribution in [3.63, 3.8) is 0 Å². The van der Waals surface area contributed by atoms with Gasteiger partial charge in [-0.25, -0.2) is 0 Å². The summed E-state index contributed by atoms with van der Waals surface area (Å²) in [5.41, 5.74) is 0.723. The minimum Gasteiger partial charge on any atom is -0.492 e. The van der Waals surface area contributed by atoms with Gasteiger partial charge in [-0.05, 0) is 30.0 Å². The van der Waals surface area contributed by atoms with Crippen LogP contribution in [0.5, 0.6) is 5.75 Å². The predicted octanol–water partition coefficient (Wildman–Crippen LogP) is 4.03. The average molecular weight is 238 g/mol. The molecule has 0 amide bonds. The van der Waals surface area contributed by atoms with Crippen LogP contribution in [0.2, 0.25) is 5.02 Å². The van der Waals surface area contributed by atoms with Crippen LogP contribution in [0, 0.1) is 16.7 Å². The van der Waals surface area contributed by atoms with Crippen molar-refractivity contribution >= 4 is 11.6 Å². The molecule has 1 aromatic rings. The standard InChI is InChI=1S/C13H16ClNO/c1-13(2,3)6-7-16-12-5-4-11(14)8-10(12)9-15/h4-5,8H,6-7H2,1-3H3. The fraction of sp³-hybridized carbons (Fsp3) is 0.462. The second-order valence-electron chi connectivity index (χ2n) is 4.91. The first-order chi connectivity index (χ1) is 7.42. The molecule has 86 valence electrons. The molecule has 0 atom stereocenters. The van der Waals surface area contributed by atoms with Gasteiger partial charge in [0.05, 0.1) is 12.2 Å². The first kappa shape index (κ1) is 12.9. The number of rotatable bonds is 3. The van der Waals surface area contributed by atoms with Crippen molar-refractivity contribution in [1.82, 2.24) is 0 Å². The lowest BCUT2D eigenvalue weighted by atomic mass is 9.93. The summed E-state index contributed by atoms with van der Waals surface area (Å²) < 4.78 is 5.58. The Morgan fingerprint density at radius 1 is 1.38 bits per heavy atom. The van der Waals surface area contributed by atoms with E-state index in [-0.39, 0.29) is 5.41 Å². The maximum absolute atomic E-state index is 8.91. The van der Waals surface area contributed by atoms with Gasteiger partial charge in [0.1, 0.15) is 11.8 Å². The Kier molecular flexibility index (Phi) is 4.20. The summed E-state index contributed by atoms with van der Waals surface area (Å²) in [6.45, 7) is 7.08. The third kappa shape index (κ3) is 4.12. The van der Waals surface area contributed by atoms with E-state index in [2.05, 4.69) is 26.8 Å². The molecule has 16 heavy (non-hydrogen) atoms. The molecule has 2 nitrogen and oxygen atoms in total. The zero-order chi connectivity index (χ0) is 12.2. The minimum absolute atomic E-state index is 0.235. The van der Waals surface area contributed by atoms with Gasteiger partial charge in [0, 0.05) is 5.02 Å². The van der Waals surface area contributed by atoms with E-state index in [1.165, 1.54) is 0 Å². The normalized spacial score (nSPS) is 10.9. The zero-order valence-electron chi connectivity index (χ0n) is 9.88. The lowest BCUT2D eigenvalue weighted by molar-refractivity contribution is 0.242. The molecule has 0 aliphatic heterocycles. The molecule has 0 bridgehead atoms. The lowest BCUT2D eigenvalue weighted by Gasteiger charge is -2.18. The van der Waals surface area contributed by atoms with Crippen LogP contribution in [-0.2, 0) is 0 Å². The Morgan fingerprint density at radius 3 is 2.62 bits per heavy atom. The van der Waals surface area contributed by atoms with Crippen LogP contribution in [-0.4, -0.2) is 6.61 Å². The first-order valence-corrected chi connectivity index (χ1v) is 5.62. The maximum atomic E-state index is 8.91. The summed E-state index contributed by atoms with van der Waals surface area (Å²) in [5, 5.41) is 9.47. The molecule has 0 radical (unpaired) electrons. The number of hydrogen-bond acceptors (Lipinski definition) is 2. The number of hydrogen-bond donors (Lipinski definition) is 0. The van der Waals surface area contributed by atoms with Crippen molar-refractivity contribution in [3.05, 3.63) is 28.8 Å². The molecule has 0 heterocycles. The molecule has 1 rings (SSSR count). The van der Waals surface area contributed by atoms with Gasteiger partial charge in [-0.3, -0.25) is 0 Å². The number of nitriles is 1. The molecule has 0 saturated carbocycles. The summed E-state index contributed by atoms with van der Waals surface area (Å²) in [7, 11) is 0. The molecule has 0 spiro atoms. The van der Waals surface area contributed by atoms with E-state index in [0.29, 0.717) is 22.9 Å². The molecular weight excluding hydrogens is 222 g/mol. The number of benzene rings is 1. The molecular formula is C13H16ClNO. The van der Waals surface area contributed by atoms with Crippen molar-refractivity contribution in [2.24, 2.45) is 5.41 Å². The van der Waals surface area contributed by atoms with Crippen molar-refractivity contribution < 1.29 is 4.74 Å². The Morgan fingerprint density at radius 2 is 2.06 bits per heavy atom. The lowest BCUT2D eigenvalue weighted by Crippen LogP contribution is -2.11. The molecule has 0 unspecified atom stereocenters. The molecule has 0 aromatic heterocycles. The fourth-order valence-electron chi connectivity index (χ4n) is 1.18.